The fraction of sp³-hybridized carbons (Fsp3) is 0.647. The Morgan fingerprint density at radius 1 is 1.41 bits per heavy atom. The molecule has 3 N–H and O–H groups in total. The molecule has 2 rings (SSSR count). The highest BCUT2D eigenvalue weighted by Crippen LogP contribution is 2.15. The fourth-order valence-electron chi connectivity index (χ4n) is 2.70. The van der Waals surface area contributed by atoms with Crippen LogP contribution in [0.3, 0.4) is 0 Å². The van der Waals surface area contributed by atoms with E-state index >= 15 is 0 Å². The van der Waals surface area contributed by atoms with E-state index in [1.807, 2.05) is 24.4 Å². The third-order valence-electron chi connectivity index (χ3n) is 4.20. The van der Waals surface area contributed by atoms with Crippen molar-refractivity contribution in [3.63, 3.8) is 0 Å². The van der Waals surface area contributed by atoms with Gasteiger partial charge in [0.05, 0.1) is 0 Å². The number of aliphatic imine (C=N–C) groups is 1. The van der Waals surface area contributed by atoms with Gasteiger partial charge in [0.2, 0.25) is 0 Å². The van der Waals surface area contributed by atoms with Gasteiger partial charge in [-0.15, -0.1) is 0 Å². The van der Waals surface area contributed by atoms with Gasteiger partial charge in [-0.1, -0.05) is 13.0 Å². The lowest BCUT2D eigenvalue weighted by atomic mass is 9.99. The number of nitrogens with two attached hydrogens (primary N) is 1. The van der Waals surface area contributed by atoms with E-state index in [2.05, 4.69) is 27.1 Å². The second-order valence-electron chi connectivity index (χ2n) is 6.14. The Hall–Kier alpha value is -1.62. The number of rotatable bonds is 7. The van der Waals surface area contributed by atoms with E-state index in [4.69, 9.17) is 5.73 Å². The van der Waals surface area contributed by atoms with Crippen molar-refractivity contribution in [1.82, 2.24) is 15.2 Å². The van der Waals surface area contributed by atoms with E-state index in [1.54, 1.807) is 0 Å². The van der Waals surface area contributed by atoms with E-state index in [-0.39, 0.29) is 0 Å². The van der Waals surface area contributed by atoms with E-state index in [0.717, 1.165) is 44.1 Å². The summed E-state index contributed by atoms with van der Waals surface area (Å²) in [4.78, 5) is 11.2. The van der Waals surface area contributed by atoms with Crippen LogP contribution >= 0.6 is 0 Å². The fourth-order valence-corrected chi connectivity index (χ4v) is 2.70. The standard InChI is InChI=1S/C17H29N5/c1-15-7-13-22(14-8-15)12-4-10-20-17(18)21-11-6-16-5-2-3-9-19-16/h2-3,5,9,15H,4,6-8,10-14H2,1H3,(H3,18,20,21). The monoisotopic (exact) mass is 303 g/mol. The Balaban J connectivity index is 1.54. The van der Waals surface area contributed by atoms with Crippen molar-refractivity contribution in [2.24, 2.45) is 16.6 Å². The number of nitrogens with zero attached hydrogens (tertiary/aromatic N) is 3. The van der Waals surface area contributed by atoms with Gasteiger partial charge in [-0.05, 0) is 56.9 Å². The van der Waals surface area contributed by atoms with Gasteiger partial charge in [0, 0.05) is 31.4 Å². The van der Waals surface area contributed by atoms with Crippen LogP contribution in [0.5, 0.6) is 0 Å². The molecule has 0 atom stereocenters. The molecule has 0 unspecified atom stereocenters. The molecule has 5 heteroatoms. The summed E-state index contributed by atoms with van der Waals surface area (Å²) in [5.41, 5.74) is 6.95. The summed E-state index contributed by atoms with van der Waals surface area (Å²) in [6.07, 6.45) is 6.43. The van der Waals surface area contributed by atoms with Gasteiger partial charge < -0.3 is 16.0 Å². The van der Waals surface area contributed by atoms with E-state index in [9.17, 15) is 0 Å². The molecule has 1 saturated heterocycles. The molecule has 22 heavy (non-hydrogen) atoms. The number of aromatic nitrogens is 1. The van der Waals surface area contributed by atoms with Gasteiger partial charge in [-0.25, -0.2) is 0 Å². The van der Waals surface area contributed by atoms with Crippen LogP contribution < -0.4 is 11.1 Å². The maximum Gasteiger partial charge on any atom is 0.188 e. The number of guanidine groups is 1. The molecule has 0 aliphatic carbocycles. The number of hydrogen-bond donors (Lipinski definition) is 2. The summed E-state index contributed by atoms with van der Waals surface area (Å²) in [6.45, 7) is 7.53. The smallest absolute Gasteiger partial charge is 0.188 e. The van der Waals surface area contributed by atoms with Crippen molar-refractivity contribution in [2.45, 2.75) is 32.6 Å². The Morgan fingerprint density at radius 2 is 2.23 bits per heavy atom. The zero-order valence-electron chi connectivity index (χ0n) is 13.7. The first-order valence-corrected chi connectivity index (χ1v) is 8.40. The first-order chi connectivity index (χ1) is 10.7. The third kappa shape index (κ3) is 6.43. The average molecular weight is 303 g/mol. The van der Waals surface area contributed by atoms with Crippen LogP contribution in [0.1, 0.15) is 31.9 Å². The molecule has 0 spiro atoms. The normalized spacial score (nSPS) is 17.6. The quantitative estimate of drug-likeness (QED) is 0.457. The van der Waals surface area contributed by atoms with Crippen molar-refractivity contribution in [3.8, 4) is 0 Å². The first kappa shape index (κ1) is 16.7. The molecule has 122 valence electrons. The van der Waals surface area contributed by atoms with Crippen molar-refractivity contribution >= 4 is 5.96 Å². The summed E-state index contributed by atoms with van der Waals surface area (Å²) in [6, 6.07) is 5.95. The van der Waals surface area contributed by atoms with Gasteiger partial charge in [-0.2, -0.15) is 0 Å². The minimum Gasteiger partial charge on any atom is -0.370 e. The molecule has 5 nitrogen and oxygen atoms in total. The molecule has 1 aromatic heterocycles. The summed E-state index contributed by atoms with van der Waals surface area (Å²) >= 11 is 0. The van der Waals surface area contributed by atoms with Crippen molar-refractivity contribution in [1.29, 1.82) is 0 Å². The number of likely N-dealkylation sites (tertiary alicyclic amines) is 1. The number of piperidine rings is 1. The van der Waals surface area contributed by atoms with Crippen molar-refractivity contribution in [3.05, 3.63) is 30.1 Å². The maximum absolute atomic E-state index is 5.88. The second kappa shape index (κ2) is 9.41. The van der Waals surface area contributed by atoms with Crippen molar-refractivity contribution in [2.75, 3.05) is 32.7 Å². The molecule has 1 aromatic rings. The van der Waals surface area contributed by atoms with Gasteiger partial charge in [0.1, 0.15) is 0 Å². The van der Waals surface area contributed by atoms with E-state index < -0.39 is 0 Å². The number of pyridine rings is 1. The van der Waals surface area contributed by atoms with Crippen LogP contribution in [-0.4, -0.2) is 48.6 Å². The van der Waals surface area contributed by atoms with Crippen LogP contribution in [0.25, 0.3) is 0 Å². The highest BCUT2D eigenvalue weighted by Gasteiger charge is 2.14. The minimum atomic E-state index is 0.545. The zero-order chi connectivity index (χ0) is 15.6. The van der Waals surface area contributed by atoms with Gasteiger partial charge in [0.15, 0.2) is 5.96 Å². The first-order valence-electron chi connectivity index (χ1n) is 8.40. The van der Waals surface area contributed by atoms with Gasteiger partial charge >= 0.3 is 0 Å². The second-order valence-corrected chi connectivity index (χ2v) is 6.14. The highest BCUT2D eigenvalue weighted by atomic mass is 15.1. The maximum atomic E-state index is 5.88. The number of hydrogen-bond acceptors (Lipinski definition) is 3. The summed E-state index contributed by atoms with van der Waals surface area (Å²) in [5.74, 6) is 1.44. The van der Waals surface area contributed by atoms with Crippen LogP contribution in [0.2, 0.25) is 0 Å². The topological polar surface area (TPSA) is 66.5 Å². The molecule has 1 aliphatic rings. The van der Waals surface area contributed by atoms with Crippen LogP contribution in [-0.2, 0) is 6.42 Å². The lowest BCUT2D eigenvalue weighted by Gasteiger charge is -2.29. The molecule has 0 aromatic carbocycles. The molecule has 1 fully saturated rings. The SMILES string of the molecule is CC1CCN(CCCN=C(N)NCCc2ccccn2)CC1. The lowest BCUT2D eigenvalue weighted by molar-refractivity contribution is 0.192. The Kier molecular flexibility index (Phi) is 7.16. The average Bonchev–Trinajstić information content (AvgIpc) is 2.54. The predicted molar refractivity (Wildman–Crippen MR) is 91.9 cm³/mol. The van der Waals surface area contributed by atoms with Gasteiger partial charge in [-0.3, -0.25) is 9.98 Å². The Bertz CT molecular complexity index is 438. The van der Waals surface area contributed by atoms with E-state index in [1.165, 1.54) is 25.9 Å². The molecule has 0 radical (unpaired) electrons. The Morgan fingerprint density at radius 3 is 2.95 bits per heavy atom. The third-order valence-corrected chi connectivity index (χ3v) is 4.20. The summed E-state index contributed by atoms with van der Waals surface area (Å²) < 4.78 is 0. The lowest BCUT2D eigenvalue weighted by Crippen LogP contribution is -2.35. The predicted octanol–water partition coefficient (Wildman–Crippen LogP) is 1.65. The number of nitrogens with one attached hydrogen (secondary N) is 1. The molecule has 0 bridgehead atoms. The minimum absolute atomic E-state index is 0.545. The zero-order valence-corrected chi connectivity index (χ0v) is 13.7. The van der Waals surface area contributed by atoms with Crippen LogP contribution in [0, 0.1) is 5.92 Å². The molecular formula is C17H29N5. The molecule has 1 aliphatic heterocycles. The van der Waals surface area contributed by atoms with Crippen molar-refractivity contribution < 1.29 is 0 Å². The van der Waals surface area contributed by atoms with Crippen LogP contribution in [0.15, 0.2) is 29.4 Å². The highest BCUT2D eigenvalue weighted by molar-refractivity contribution is 5.77. The largest absolute Gasteiger partial charge is 0.370 e. The molecule has 0 saturated carbocycles. The Labute approximate surface area is 134 Å². The molecular weight excluding hydrogens is 274 g/mol. The van der Waals surface area contributed by atoms with Crippen LogP contribution in [0.4, 0.5) is 0 Å². The molecule has 2 heterocycles. The summed E-state index contributed by atoms with van der Waals surface area (Å²) in [5, 5.41) is 3.15. The summed E-state index contributed by atoms with van der Waals surface area (Å²) in [7, 11) is 0. The molecule has 0 amide bonds. The van der Waals surface area contributed by atoms with Gasteiger partial charge in [0.25, 0.3) is 0 Å². The van der Waals surface area contributed by atoms with E-state index in [0.29, 0.717) is 5.96 Å².